The van der Waals surface area contributed by atoms with Crippen molar-refractivity contribution in [2.75, 3.05) is 25.0 Å². The molecular formula is C22H33N5O3. The predicted octanol–water partition coefficient (Wildman–Crippen LogP) is 2.21. The topological polar surface area (TPSA) is 117 Å². The van der Waals surface area contributed by atoms with Crippen LogP contribution in [-0.4, -0.2) is 54.5 Å². The number of nitrogens with one attached hydrogen (secondary N) is 3. The highest BCUT2D eigenvalue weighted by Crippen LogP contribution is 2.17. The second-order valence-corrected chi connectivity index (χ2v) is 8.31. The average Bonchev–Trinajstić information content (AvgIpc) is 2.74. The zero-order chi connectivity index (χ0) is 21.3. The maximum atomic E-state index is 12.2. The monoisotopic (exact) mass is 415 g/mol. The number of nitrogens with two attached hydrogens (primary N) is 1. The van der Waals surface area contributed by atoms with Crippen molar-refractivity contribution >= 4 is 23.5 Å². The fourth-order valence-corrected chi connectivity index (χ4v) is 4.16. The number of primary amides is 1. The molecule has 0 unspecified atom stereocenters. The molecule has 30 heavy (non-hydrogen) atoms. The van der Waals surface area contributed by atoms with Gasteiger partial charge in [0.2, 0.25) is 11.8 Å². The van der Waals surface area contributed by atoms with Crippen LogP contribution in [0.25, 0.3) is 0 Å². The molecule has 4 amide bonds. The van der Waals surface area contributed by atoms with E-state index in [2.05, 4.69) is 20.9 Å². The van der Waals surface area contributed by atoms with Crippen LogP contribution in [0.4, 0.5) is 10.5 Å². The van der Waals surface area contributed by atoms with Gasteiger partial charge in [-0.3, -0.25) is 9.59 Å². The number of carbonyl (C=O) groups is 3. The second kappa shape index (κ2) is 11.0. The van der Waals surface area contributed by atoms with Crippen molar-refractivity contribution in [3.8, 4) is 0 Å². The van der Waals surface area contributed by atoms with Crippen LogP contribution in [0.1, 0.15) is 61.7 Å². The van der Waals surface area contributed by atoms with E-state index in [4.69, 9.17) is 5.73 Å². The van der Waals surface area contributed by atoms with Crippen LogP contribution < -0.4 is 21.7 Å². The third kappa shape index (κ3) is 7.02. The third-order valence-corrected chi connectivity index (χ3v) is 5.97. The summed E-state index contributed by atoms with van der Waals surface area (Å²) in [4.78, 5) is 37.7. The summed E-state index contributed by atoms with van der Waals surface area (Å²) < 4.78 is 0. The van der Waals surface area contributed by atoms with E-state index in [0.717, 1.165) is 38.8 Å². The molecule has 0 aromatic heterocycles. The van der Waals surface area contributed by atoms with Gasteiger partial charge in [0.15, 0.2) is 0 Å². The van der Waals surface area contributed by atoms with Crippen LogP contribution in [0, 0.1) is 0 Å². The predicted molar refractivity (Wildman–Crippen MR) is 116 cm³/mol. The number of benzene rings is 1. The first-order chi connectivity index (χ1) is 14.5. The molecule has 3 rings (SSSR count). The van der Waals surface area contributed by atoms with E-state index in [1.165, 1.54) is 19.3 Å². The summed E-state index contributed by atoms with van der Waals surface area (Å²) >= 11 is 0. The quantitative estimate of drug-likeness (QED) is 0.546. The van der Waals surface area contributed by atoms with Crippen molar-refractivity contribution in [1.29, 1.82) is 0 Å². The van der Waals surface area contributed by atoms with Gasteiger partial charge in [0, 0.05) is 49.4 Å². The Morgan fingerprint density at radius 3 is 2.10 bits per heavy atom. The van der Waals surface area contributed by atoms with Gasteiger partial charge in [-0.05, 0) is 49.9 Å². The Labute approximate surface area is 177 Å². The van der Waals surface area contributed by atoms with E-state index >= 15 is 0 Å². The third-order valence-electron chi connectivity index (χ3n) is 5.97. The second-order valence-electron chi connectivity index (χ2n) is 8.31. The number of nitrogens with zero attached hydrogens (tertiary/aromatic N) is 1. The van der Waals surface area contributed by atoms with Crippen LogP contribution in [0.5, 0.6) is 0 Å². The zero-order valence-electron chi connectivity index (χ0n) is 17.5. The van der Waals surface area contributed by atoms with E-state index in [-0.39, 0.29) is 18.0 Å². The first-order valence-electron chi connectivity index (χ1n) is 11.0. The van der Waals surface area contributed by atoms with Crippen LogP contribution in [0.15, 0.2) is 24.3 Å². The lowest BCUT2D eigenvalue weighted by Crippen LogP contribution is -2.50. The average molecular weight is 416 g/mol. The Hall–Kier alpha value is -2.61. The lowest BCUT2D eigenvalue weighted by molar-refractivity contribution is -0.116. The number of hydrogen-bond acceptors (Lipinski definition) is 4. The van der Waals surface area contributed by atoms with Gasteiger partial charge < -0.3 is 26.6 Å². The Balaban J connectivity index is 1.31. The van der Waals surface area contributed by atoms with Gasteiger partial charge in [-0.15, -0.1) is 0 Å². The molecular weight excluding hydrogens is 382 g/mol. The van der Waals surface area contributed by atoms with E-state index in [0.29, 0.717) is 30.3 Å². The molecule has 1 aliphatic heterocycles. The Kier molecular flexibility index (Phi) is 8.07. The first kappa shape index (κ1) is 22.1. The summed E-state index contributed by atoms with van der Waals surface area (Å²) in [5, 5.41) is 9.05. The summed E-state index contributed by atoms with van der Waals surface area (Å²) in [5.74, 6) is -0.550. The molecule has 1 saturated carbocycles. The lowest BCUT2D eigenvalue weighted by Gasteiger charge is -2.32. The minimum absolute atomic E-state index is 0.0397. The number of hydrogen-bond donors (Lipinski definition) is 4. The molecule has 1 aliphatic carbocycles. The number of rotatable bonds is 7. The van der Waals surface area contributed by atoms with E-state index in [9.17, 15) is 14.4 Å². The standard InChI is InChI=1S/C22H33N5O3/c23-21(29)16-6-8-18(9-7-16)24-20(28)12-15-27-13-10-19(11-14-27)26-22(30)25-17-4-2-1-3-5-17/h6-9,17,19H,1-5,10-15H2,(H2,23,29)(H,24,28)(H2,25,26,30). The minimum atomic E-state index is -0.489. The maximum absolute atomic E-state index is 12.2. The summed E-state index contributed by atoms with van der Waals surface area (Å²) in [6.45, 7) is 2.43. The molecule has 1 heterocycles. The Morgan fingerprint density at radius 1 is 0.900 bits per heavy atom. The molecule has 2 fully saturated rings. The maximum Gasteiger partial charge on any atom is 0.315 e. The van der Waals surface area contributed by atoms with Crippen molar-refractivity contribution < 1.29 is 14.4 Å². The molecule has 5 N–H and O–H groups in total. The Bertz CT molecular complexity index is 723. The number of piperidine rings is 1. The highest BCUT2D eigenvalue weighted by molar-refractivity contribution is 5.94. The molecule has 0 atom stereocenters. The van der Waals surface area contributed by atoms with E-state index in [1.807, 2.05) is 0 Å². The van der Waals surface area contributed by atoms with Gasteiger partial charge in [0.1, 0.15) is 0 Å². The minimum Gasteiger partial charge on any atom is -0.366 e. The smallest absolute Gasteiger partial charge is 0.315 e. The summed E-state index contributed by atoms with van der Waals surface area (Å²) in [6, 6.07) is 7.02. The van der Waals surface area contributed by atoms with E-state index in [1.54, 1.807) is 24.3 Å². The van der Waals surface area contributed by atoms with Gasteiger partial charge in [-0.2, -0.15) is 0 Å². The molecule has 164 valence electrons. The largest absolute Gasteiger partial charge is 0.366 e. The van der Waals surface area contributed by atoms with Gasteiger partial charge >= 0.3 is 6.03 Å². The first-order valence-corrected chi connectivity index (χ1v) is 11.0. The normalized spacial score (nSPS) is 18.5. The molecule has 1 saturated heterocycles. The molecule has 8 heteroatoms. The molecule has 2 aliphatic rings. The number of carbonyl (C=O) groups excluding carboxylic acids is 3. The lowest BCUT2D eigenvalue weighted by atomic mass is 9.96. The molecule has 0 bridgehead atoms. The van der Waals surface area contributed by atoms with Gasteiger partial charge in [-0.25, -0.2) is 4.79 Å². The number of likely N-dealkylation sites (tertiary alicyclic amines) is 1. The van der Waals surface area contributed by atoms with Crippen molar-refractivity contribution in [2.24, 2.45) is 5.73 Å². The Morgan fingerprint density at radius 2 is 1.50 bits per heavy atom. The van der Waals surface area contributed by atoms with Crippen molar-refractivity contribution in [3.05, 3.63) is 29.8 Å². The molecule has 1 aromatic rings. The van der Waals surface area contributed by atoms with Crippen LogP contribution in [0.3, 0.4) is 0 Å². The highest BCUT2D eigenvalue weighted by atomic mass is 16.2. The van der Waals surface area contributed by atoms with Crippen molar-refractivity contribution in [3.63, 3.8) is 0 Å². The molecule has 8 nitrogen and oxygen atoms in total. The fourth-order valence-electron chi connectivity index (χ4n) is 4.16. The van der Waals surface area contributed by atoms with Crippen molar-refractivity contribution in [1.82, 2.24) is 15.5 Å². The van der Waals surface area contributed by atoms with E-state index < -0.39 is 5.91 Å². The summed E-state index contributed by atoms with van der Waals surface area (Å²) in [7, 11) is 0. The fraction of sp³-hybridized carbons (Fsp3) is 0.591. The molecule has 1 aromatic carbocycles. The van der Waals surface area contributed by atoms with Gasteiger partial charge in [-0.1, -0.05) is 19.3 Å². The van der Waals surface area contributed by atoms with Crippen molar-refractivity contribution in [2.45, 2.75) is 63.5 Å². The number of amides is 4. The van der Waals surface area contributed by atoms with Crippen LogP contribution in [-0.2, 0) is 4.79 Å². The van der Waals surface area contributed by atoms with Crippen LogP contribution >= 0.6 is 0 Å². The highest BCUT2D eigenvalue weighted by Gasteiger charge is 2.22. The molecule has 0 radical (unpaired) electrons. The number of anilines is 1. The van der Waals surface area contributed by atoms with Gasteiger partial charge in [0.05, 0.1) is 0 Å². The summed E-state index contributed by atoms with van der Waals surface area (Å²) in [5.41, 5.74) is 6.28. The zero-order valence-corrected chi connectivity index (χ0v) is 17.5. The summed E-state index contributed by atoms with van der Waals surface area (Å²) in [6.07, 6.45) is 8.05. The van der Waals surface area contributed by atoms with Crippen LogP contribution in [0.2, 0.25) is 0 Å². The van der Waals surface area contributed by atoms with Gasteiger partial charge in [0.25, 0.3) is 0 Å². The molecule has 0 spiro atoms. The number of urea groups is 1. The SMILES string of the molecule is NC(=O)c1ccc(NC(=O)CCN2CCC(NC(=O)NC3CCCCC3)CC2)cc1.